The average molecular weight is 151 g/mol. The zero-order valence-electron chi connectivity index (χ0n) is 5.58. The van der Waals surface area contributed by atoms with Crippen LogP contribution in [0.3, 0.4) is 0 Å². The van der Waals surface area contributed by atoms with Gasteiger partial charge in [0.05, 0.1) is 0 Å². The van der Waals surface area contributed by atoms with E-state index in [-0.39, 0.29) is 0 Å². The third kappa shape index (κ3) is 2.15. The lowest BCUT2D eigenvalue weighted by atomic mass is 10.3. The highest BCUT2D eigenvalue weighted by molar-refractivity contribution is 8.03. The molecule has 0 saturated carbocycles. The minimum Gasteiger partial charge on any atom is -0.326 e. The van der Waals surface area contributed by atoms with Gasteiger partial charge in [0.25, 0.3) is 0 Å². The minimum atomic E-state index is 1.10. The zero-order chi connectivity index (χ0) is 7.23. The van der Waals surface area contributed by atoms with E-state index >= 15 is 0 Å². The van der Waals surface area contributed by atoms with Gasteiger partial charge in [0.2, 0.25) is 0 Å². The molecule has 2 heteroatoms. The van der Waals surface area contributed by atoms with E-state index in [4.69, 9.17) is 0 Å². The SMILES string of the molecule is C=CSNc1ccccc1. The van der Waals surface area contributed by atoms with Crippen LogP contribution in [0, 0.1) is 0 Å². The van der Waals surface area contributed by atoms with Crippen LogP contribution in [0.5, 0.6) is 0 Å². The average Bonchev–Trinajstić information content (AvgIpc) is 2.03. The third-order valence-electron chi connectivity index (χ3n) is 1.03. The van der Waals surface area contributed by atoms with Crippen LogP contribution in [0.15, 0.2) is 42.3 Å². The fourth-order valence-electron chi connectivity index (χ4n) is 0.616. The molecule has 0 atom stereocenters. The normalized spacial score (nSPS) is 8.80. The molecule has 1 aromatic rings. The van der Waals surface area contributed by atoms with Gasteiger partial charge in [0.15, 0.2) is 0 Å². The van der Waals surface area contributed by atoms with E-state index in [2.05, 4.69) is 11.3 Å². The third-order valence-corrected chi connectivity index (χ3v) is 1.55. The Morgan fingerprint density at radius 3 is 2.60 bits per heavy atom. The van der Waals surface area contributed by atoms with Crippen LogP contribution in [-0.4, -0.2) is 0 Å². The molecule has 1 rings (SSSR count). The maximum atomic E-state index is 3.58. The molecule has 0 heterocycles. The summed E-state index contributed by atoms with van der Waals surface area (Å²) in [4.78, 5) is 0. The highest BCUT2D eigenvalue weighted by Crippen LogP contribution is 2.10. The van der Waals surface area contributed by atoms with Gasteiger partial charge in [-0.3, -0.25) is 0 Å². The number of para-hydroxylation sites is 1. The number of nitrogens with one attached hydrogen (secondary N) is 1. The Labute approximate surface area is 65.3 Å². The van der Waals surface area contributed by atoms with E-state index in [1.165, 1.54) is 11.9 Å². The van der Waals surface area contributed by atoms with Crippen molar-refractivity contribution in [3.8, 4) is 0 Å². The van der Waals surface area contributed by atoms with Gasteiger partial charge in [-0.05, 0) is 29.5 Å². The van der Waals surface area contributed by atoms with Gasteiger partial charge in [0, 0.05) is 5.69 Å². The Hall–Kier alpha value is -0.890. The molecule has 1 N–H and O–H groups in total. The fourth-order valence-corrected chi connectivity index (χ4v) is 0.971. The first-order valence-electron chi connectivity index (χ1n) is 3.01. The first-order valence-corrected chi connectivity index (χ1v) is 3.89. The molecule has 0 fully saturated rings. The summed E-state index contributed by atoms with van der Waals surface area (Å²) in [5, 5.41) is 1.76. The van der Waals surface area contributed by atoms with Crippen LogP contribution >= 0.6 is 11.9 Å². The molecule has 0 bridgehead atoms. The molecule has 1 nitrogen and oxygen atoms in total. The molecule has 0 unspecified atom stereocenters. The van der Waals surface area contributed by atoms with E-state index < -0.39 is 0 Å². The largest absolute Gasteiger partial charge is 0.326 e. The lowest BCUT2D eigenvalue weighted by Crippen LogP contribution is -1.80. The van der Waals surface area contributed by atoms with Crippen LogP contribution < -0.4 is 4.72 Å². The summed E-state index contributed by atoms with van der Waals surface area (Å²) in [5.74, 6) is 0. The summed E-state index contributed by atoms with van der Waals surface area (Å²) in [6.45, 7) is 3.58. The molecule has 0 aliphatic heterocycles. The summed E-state index contributed by atoms with van der Waals surface area (Å²) >= 11 is 1.48. The topological polar surface area (TPSA) is 12.0 Å². The second-order valence-electron chi connectivity index (χ2n) is 1.75. The van der Waals surface area contributed by atoms with Gasteiger partial charge in [-0.15, -0.1) is 0 Å². The standard InChI is InChI=1S/C8H9NS/c1-2-10-9-8-6-4-3-5-7-8/h2-7,9H,1H2. The summed E-state index contributed by atoms with van der Waals surface area (Å²) in [5.41, 5.74) is 1.10. The van der Waals surface area contributed by atoms with Gasteiger partial charge in [-0.25, -0.2) is 0 Å². The van der Waals surface area contributed by atoms with Crippen molar-refractivity contribution in [2.24, 2.45) is 0 Å². The maximum absolute atomic E-state index is 3.58. The lowest BCUT2D eigenvalue weighted by molar-refractivity contribution is 1.69. The Morgan fingerprint density at radius 1 is 1.30 bits per heavy atom. The van der Waals surface area contributed by atoms with Gasteiger partial charge in [-0.1, -0.05) is 24.8 Å². The highest BCUT2D eigenvalue weighted by atomic mass is 32.2. The molecule has 52 valence electrons. The fraction of sp³-hybridized carbons (Fsp3) is 0. The summed E-state index contributed by atoms with van der Waals surface area (Å²) < 4.78 is 3.09. The Kier molecular flexibility index (Phi) is 2.90. The molecule has 0 aliphatic rings. The summed E-state index contributed by atoms with van der Waals surface area (Å²) in [7, 11) is 0. The van der Waals surface area contributed by atoms with Gasteiger partial charge in [0.1, 0.15) is 0 Å². The monoisotopic (exact) mass is 151 g/mol. The van der Waals surface area contributed by atoms with Crippen molar-refractivity contribution in [1.29, 1.82) is 0 Å². The lowest BCUT2D eigenvalue weighted by Gasteiger charge is -1.98. The van der Waals surface area contributed by atoms with Crippen LogP contribution in [0.2, 0.25) is 0 Å². The summed E-state index contributed by atoms with van der Waals surface area (Å²) in [6.07, 6.45) is 0. The number of anilines is 1. The van der Waals surface area contributed by atoms with E-state index in [1.807, 2.05) is 30.3 Å². The molecule has 0 radical (unpaired) electrons. The molecular formula is C8H9NS. The Bertz CT molecular complexity index is 196. The van der Waals surface area contributed by atoms with Crippen LogP contribution in [-0.2, 0) is 0 Å². The Balaban J connectivity index is 2.50. The molecule has 0 aromatic heterocycles. The van der Waals surface area contributed by atoms with Gasteiger partial charge < -0.3 is 4.72 Å². The smallest absolute Gasteiger partial charge is 0.0442 e. The molecule has 0 saturated heterocycles. The second-order valence-corrected chi connectivity index (χ2v) is 2.53. The minimum absolute atomic E-state index is 1.10. The van der Waals surface area contributed by atoms with Crippen LogP contribution in [0.1, 0.15) is 0 Å². The van der Waals surface area contributed by atoms with Crippen LogP contribution in [0.25, 0.3) is 0 Å². The Morgan fingerprint density at radius 2 is 2.00 bits per heavy atom. The number of rotatable bonds is 3. The van der Waals surface area contributed by atoms with Crippen molar-refractivity contribution in [3.63, 3.8) is 0 Å². The van der Waals surface area contributed by atoms with Crippen molar-refractivity contribution in [2.75, 3.05) is 4.72 Å². The molecular weight excluding hydrogens is 142 g/mol. The molecule has 0 amide bonds. The second kappa shape index (κ2) is 4.01. The molecule has 0 aliphatic carbocycles. The van der Waals surface area contributed by atoms with E-state index in [9.17, 15) is 0 Å². The first kappa shape index (κ1) is 7.22. The first-order chi connectivity index (χ1) is 4.93. The molecule has 10 heavy (non-hydrogen) atoms. The number of hydrogen-bond donors (Lipinski definition) is 1. The van der Waals surface area contributed by atoms with Crippen molar-refractivity contribution in [2.45, 2.75) is 0 Å². The predicted octanol–water partition coefficient (Wildman–Crippen LogP) is 2.89. The van der Waals surface area contributed by atoms with Gasteiger partial charge in [-0.2, -0.15) is 0 Å². The number of hydrogen-bond acceptors (Lipinski definition) is 2. The van der Waals surface area contributed by atoms with Crippen LogP contribution in [0.4, 0.5) is 5.69 Å². The molecule has 1 aromatic carbocycles. The predicted molar refractivity (Wildman–Crippen MR) is 47.9 cm³/mol. The molecule has 0 spiro atoms. The quantitative estimate of drug-likeness (QED) is 0.667. The maximum Gasteiger partial charge on any atom is 0.0442 e. The number of benzene rings is 1. The van der Waals surface area contributed by atoms with E-state index in [0.717, 1.165) is 5.69 Å². The van der Waals surface area contributed by atoms with Gasteiger partial charge >= 0.3 is 0 Å². The van der Waals surface area contributed by atoms with Crippen molar-refractivity contribution in [3.05, 3.63) is 42.3 Å². The zero-order valence-corrected chi connectivity index (χ0v) is 6.40. The highest BCUT2D eigenvalue weighted by Gasteiger charge is 1.83. The van der Waals surface area contributed by atoms with E-state index in [0.29, 0.717) is 0 Å². The summed E-state index contributed by atoms with van der Waals surface area (Å²) in [6, 6.07) is 9.99. The van der Waals surface area contributed by atoms with Crippen molar-refractivity contribution < 1.29 is 0 Å². The van der Waals surface area contributed by atoms with Crippen molar-refractivity contribution >= 4 is 17.6 Å². The van der Waals surface area contributed by atoms with E-state index in [1.54, 1.807) is 5.41 Å². The van der Waals surface area contributed by atoms with Crippen molar-refractivity contribution in [1.82, 2.24) is 0 Å².